The Morgan fingerprint density at radius 2 is 1.77 bits per heavy atom. The first kappa shape index (κ1) is 19.0. The maximum Gasteiger partial charge on any atom is 0.246 e. The highest BCUT2D eigenvalue weighted by atomic mass is 19.1. The van der Waals surface area contributed by atoms with Crippen molar-refractivity contribution in [1.82, 2.24) is 19.7 Å². The van der Waals surface area contributed by atoms with E-state index < -0.39 is 11.6 Å². The van der Waals surface area contributed by atoms with E-state index in [1.807, 2.05) is 19.1 Å². The molecule has 30 heavy (non-hydrogen) atoms. The van der Waals surface area contributed by atoms with Gasteiger partial charge in [0, 0.05) is 33.4 Å². The fourth-order valence-corrected chi connectivity index (χ4v) is 3.76. The summed E-state index contributed by atoms with van der Waals surface area (Å²) < 4.78 is 33.5. The summed E-state index contributed by atoms with van der Waals surface area (Å²) in [7, 11) is 0. The molecule has 5 rings (SSSR count). The van der Waals surface area contributed by atoms with Gasteiger partial charge in [-0.05, 0) is 42.8 Å². The topological polar surface area (TPSA) is 67.2 Å². The van der Waals surface area contributed by atoms with Crippen LogP contribution in [-0.2, 0) is 4.74 Å². The van der Waals surface area contributed by atoms with Crippen LogP contribution >= 0.6 is 0 Å². The van der Waals surface area contributed by atoms with Gasteiger partial charge in [-0.3, -0.25) is 4.90 Å². The largest absolute Gasteiger partial charge is 0.380 e. The molecule has 0 bridgehead atoms. The van der Waals surface area contributed by atoms with Gasteiger partial charge >= 0.3 is 0 Å². The minimum atomic E-state index is -0.663. The molecule has 2 aromatic carbocycles. The van der Waals surface area contributed by atoms with Crippen molar-refractivity contribution in [2.75, 3.05) is 36.9 Å². The lowest BCUT2D eigenvalue weighted by Crippen LogP contribution is -2.63. The van der Waals surface area contributed by atoms with Gasteiger partial charge in [0.05, 0.1) is 31.0 Å². The van der Waals surface area contributed by atoms with Crippen molar-refractivity contribution in [3.8, 4) is 5.69 Å². The van der Waals surface area contributed by atoms with Crippen LogP contribution in [0.1, 0.15) is 8.42 Å². The first-order valence-corrected chi connectivity index (χ1v) is 9.87. The summed E-state index contributed by atoms with van der Waals surface area (Å²) in [5, 5.41) is 11.0. The summed E-state index contributed by atoms with van der Waals surface area (Å²) in [6, 6.07) is 10.3. The quantitative estimate of drug-likeness (QED) is 0.640. The molecule has 0 unspecified atom stereocenters. The minimum Gasteiger partial charge on any atom is -0.380 e. The predicted octanol–water partition coefficient (Wildman–Crippen LogP) is 3.58. The van der Waals surface area contributed by atoms with Gasteiger partial charge < -0.3 is 15.4 Å². The molecular weight excluding hydrogens is 390 g/mol. The third-order valence-corrected chi connectivity index (χ3v) is 5.35. The van der Waals surface area contributed by atoms with E-state index in [4.69, 9.17) is 4.74 Å². The highest BCUT2D eigenvalue weighted by Gasteiger charge is 2.35. The molecule has 9 heteroatoms. The number of anilines is 3. The molecule has 3 aromatic rings. The van der Waals surface area contributed by atoms with Crippen LogP contribution in [-0.4, -0.2) is 58.1 Å². The lowest BCUT2D eigenvalue weighted by atomic mass is 10.0. The van der Waals surface area contributed by atoms with E-state index in [1.54, 1.807) is 0 Å². The van der Waals surface area contributed by atoms with Crippen LogP contribution in [0.2, 0.25) is 0 Å². The molecule has 2 aliphatic heterocycles. The maximum atomic E-state index is 13.5. The summed E-state index contributed by atoms with van der Waals surface area (Å²) in [5.41, 5.74) is 3.23. The normalized spacial score (nSPS) is 17.4. The molecule has 0 radical (unpaired) electrons. The van der Waals surface area contributed by atoms with Gasteiger partial charge in [-0.2, -0.15) is 4.98 Å². The van der Waals surface area contributed by atoms with E-state index >= 15 is 0 Å². The number of benzene rings is 2. The number of likely N-dealkylation sites (tertiary alicyclic amines) is 1. The van der Waals surface area contributed by atoms with Crippen molar-refractivity contribution in [1.29, 1.82) is 0 Å². The molecule has 160 valence electrons. The lowest BCUT2D eigenvalue weighted by Gasteiger charge is -2.47. The fraction of sp³-hybridized carbons (Fsp3) is 0.333. The molecule has 3 heterocycles. The van der Waals surface area contributed by atoms with Gasteiger partial charge in [-0.15, -0.1) is 5.10 Å². The van der Waals surface area contributed by atoms with E-state index in [0.717, 1.165) is 49.3 Å². The lowest BCUT2D eigenvalue weighted by molar-refractivity contribution is -0.0874. The molecule has 2 saturated heterocycles. The van der Waals surface area contributed by atoms with Crippen LogP contribution in [0.3, 0.4) is 0 Å². The summed E-state index contributed by atoms with van der Waals surface area (Å²) >= 11 is 0. The van der Waals surface area contributed by atoms with Gasteiger partial charge in [0.25, 0.3) is 0 Å². The van der Waals surface area contributed by atoms with Crippen molar-refractivity contribution >= 4 is 17.3 Å². The highest BCUT2D eigenvalue weighted by molar-refractivity contribution is 5.63. The molecular formula is C21H26F2N6O. The summed E-state index contributed by atoms with van der Waals surface area (Å²) in [4.78, 5) is 6.63. The van der Waals surface area contributed by atoms with Crippen LogP contribution < -0.4 is 10.6 Å². The first-order chi connectivity index (χ1) is 14.5. The Kier molecular flexibility index (Phi) is 4.84. The Morgan fingerprint density at radius 1 is 1.03 bits per heavy atom. The zero-order chi connectivity index (χ0) is 20.7. The van der Waals surface area contributed by atoms with Crippen molar-refractivity contribution < 1.29 is 16.4 Å². The van der Waals surface area contributed by atoms with Crippen LogP contribution in [0.5, 0.6) is 0 Å². The van der Waals surface area contributed by atoms with E-state index in [0.29, 0.717) is 18.0 Å². The molecule has 0 amide bonds. The number of halogens is 2. The monoisotopic (exact) mass is 416 g/mol. The molecule has 2 fully saturated rings. The summed E-state index contributed by atoms with van der Waals surface area (Å²) in [6.07, 6.45) is 1.42. The molecule has 2 aliphatic rings. The average Bonchev–Trinajstić information content (AvgIpc) is 3.05. The van der Waals surface area contributed by atoms with E-state index in [2.05, 4.69) is 31.7 Å². The van der Waals surface area contributed by atoms with E-state index in [1.165, 1.54) is 23.1 Å². The zero-order valence-corrected chi connectivity index (χ0v) is 16.5. The molecule has 0 saturated carbocycles. The zero-order valence-electron chi connectivity index (χ0n) is 16.5. The first-order valence-electron chi connectivity index (χ1n) is 9.87. The van der Waals surface area contributed by atoms with Crippen molar-refractivity contribution in [2.45, 2.75) is 19.0 Å². The van der Waals surface area contributed by atoms with Gasteiger partial charge in [0.15, 0.2) is 0 Å². The molecule has 0 spiro atoms. The highest BCUT2D eigenvalue weighted by Crippen LogP contribution is 2.25. The number of ether oxygens (including phenoxy) is 1. The number of aromatic nitrogens is 3. The van der Waals surface area contributed by atoms with Crippen molar-refractivity contribution in [2.24, 2.45) is 0 Å². The van der Waals surface area contributed by atoms with E-state index in [9.17, 15) is 8.78 Å². The molecule has 1 aromatic heterocycles. The molecule has 0 atom stereocenters. The third kappa shape index (κ3) is 3.99. The number of nitrogens with one attached hydrogen (secondary N) is 2. The van der Waals surface area contributed by atoms with Gasteiger partial charge in [-0.1, -0.05) is 0 Å². The number of aryl methyl sites for hydroxylation is 1. The second-order valence-electron chi connectivity index (χ2n) is 7.84. The van der Waals surface area contributed by atoms with Crippen LogP contribution in [0, 0.1) is 18.6 Å². The second kappa shape index (κ2) is 7.66. The van der Waals surface area contributed by atoms with Crippen LogP contribution in [0.15, 0.2) is 42.7 Å². The van der Waals surface area contributed by atoms with Crippen LogP contribution in [0.4, 0.5) is 26.1 Å². The third-order valence-electron chi connectivity index (χ3n) is 5.35. The number of rotatable bonds is 6. The summed E-state index contributed by atoms with van der Waals surface area (Å²) in [6.45, 7) is 5.73. The number of hydrogen-bond donors (Lipinski definition) is 2. The van der Waals surface area contributed by atoms with Gasteiger partial charge in [0.1, 0.15) is 18.0 Å². The molecule has 2 N–H and O–H groups in total. The Morgan fingerprint density at radius 3 is 2.47 bits per heavy atom. The number of nitrogens with zero attached hydrogens (tertiary/aromatic N) is 4. The second-order valence-corrected chi connectivity index (χ2v) is 7.84. The summed E-state index contributed by atoms with van der Waals surface area (Å²) in [5.74, 6) is -0.983. The van der Waals surface area contributed by atoms with Gasteiger partial charge in [0.2, 0.25) is 5.95 Å². The fourth-order valence-electron chi connectivity index (χ4n) is 3.76. The minimum absolute atomic E-state index is 0. The molecule has 7 nitrogen and oxygen atoms in total. The smallest absolute Gasteiger partial charge is 0.246 e. The van der Waals surface area contributed by atoms with Gasteiger partial charge in [-0.25, -0.2) is 13.5 Å². The van der Waals surface area contributed by atoms with Crippen LogP contribution in [0.25, 0.3) is 5.69 Å². The Bertz CT molecular complexity index is 1050. The maximum absolute atomic E-state index is 13.5. The predicted molar refractivity (Wildman–Crippen MR) is 114 cm³/mol. The van der Waals surface area contributed by atoms with Crippen molar-refractivity contribution in [3.63, 3.8) is 0 Å². The van der Waals surface area contributed by atoms with E-state index in [-0.39, 0.29) is 8.54 Å². The Balaban J connectivity index is 0.00000144. The van der Waals surface area contributed by atoms with Crippen molar-refractivity contribution in [3.05, 3.63) is 59.9 Å². The average molecular weight is 416 g/mol. The SMILES string of the molecule is Cc1cc(Nc2ncn(-c3cc(F)cc(F)c3)n2)cc(NC2CN(C3COC3)C2)c1.[HH].[HH]. The Labute approximate surface area is 175 Å². The molecule has 0 aliphatic carbocycles. The standard InChI is InChI=1S/C21H22F2N6O.2H2/c1-13-2-16(25-18-8-28(9-18)20-10-30-11-20)7-17(3-13)26-21-24-12-29(27-21)19-5-14(22)4-15(23)6-19;;/h2-7,12,18,20,25H,8-11H2,1H3,(H,26,27);2*1H. The Hall–Kier alpha value is -3.04. The number of hydrogen-bond acceptors (Lipinski definition) is 6.